The maximum Gasteiger partial charge on any atom is 0.264 e. The molecule has 0 saturated carbocycles. The second-order valence-corrected chi connectivity index (χ2v) is 18.7. The summed E-state index contributed by atoms with van der Waals surface area (Å²) in [5.74, 6) is -1.39. The van der Waals surface area contributed by atoms with E-state index in [9.17, 15) is 29.4 Å². The summed E-state index contributed by atoms with van der Waals surface area (Å²) in [6, 6.07) is 20.3. The Kier molecular flexibility index (Phi) is 9.44. The molecule has 12 heteroatoms. The molecule has 0 unspecified atom stereocenters. The third-order valence-corrected chi connectivity index (χ3v) is 13.1. The molecule has 4 N–H and O–H groups in total. The number of rotatable bonds is 8. The van der Waals surface area contributed by atoms with Crippen molar-refractivity contribution in [2.75, 3.05) is 16.8 Å². The molecular formula is C36H42BrN3O7Si. The van der Waals surface area contributed by atoms with E-state index >= 15 is 0 Å². The van der Waals surface area contributed by atoms with E-state index in [1.165, 1.54) is 6.92 Å². The number of ether oxygens (including phenoxy) is 1. The maximum absolute atomic E-state index is 14.7. The van der Waals surface area contributed by atoms with E-state index in [1.54, 1.807) is 21.9 Å². The lowest BCUT2D eigenvalue weighted by Crippen LogP contribution is -2.48. The van der Waals surface area contributed by atoms with Crippen LogP contribution in [0.1, 0.15) is 42.5 Å². The summed E-state index contributed by atoms with van der Waals surface area (Å²) in [6.07, 6.45) is -1.34. The number of anilines is 2. The van der Waals surface area contributed by atoms with Crippen LogP contribution in [0.15, 0.2) is 71.2 Å². The number of benzene rings is 3. The van der Waals surface area contributed by atoms with Gasteiger partial charge in [0.15, 0.2) is 13.9 Å². The van der Waals surface area contributed by atoms with Gasteiger partial charge in [-0.05, 0) is 73.5 Å². The SMILES string of the molecule is C[C@H](O)C(=O)Nc1ccc(CN2C(=O)[C@]3(O[C@H](CC(=O)N4Cc5ccccc5C[C@H]4CO)[C@@H]([Si](C)(C)O)[C@@H]3C)c3cc(Br)ccc32)cc1. The Balaban J connectivity index is 1.31. The van der Waals surface area contributed by atoms with Crippen molar-refractivity contribution >= 4 is 53.3 Å². The summed E-state index contributed by atoms with van der Waals surface area (Å²) in [4.78, 5) is 55.8. The number of halogens is 1. The van der Waals surface area contributed by atoms with Crippen LogP contribution >= 0.6 is 15.9 Å². The van der Waals surface area contributed by atoms with Crippen molar-refractivity contribution in [3.05, 3.63) is 93.5 Å². The van der Waals surface area contributed by atoms with Crippen molar-refractivity contribution in [1.29, 1.82) is 0 Å². The first-order valence-electron chi connectivity index (χ1n) is 16.3. The van der Waals surface area contributed by atoms with Crippen LogP contribution in [-0.2, 0) is 44.2 Å². The zero-order valence-corrected chi connectivity index (χ0v) is 30.1. The summed E-state index contributed by atoms with van der Waals surface area (Å²) in [5, 5.41) is 22.4. The fraction of sp³-hybridized carbons (Fsp3) is 0.417. The number of aliphatic hydroxyl groups is 2. The van der Waals surface area contributed by atoms with Crippen LogP contribution in [0.3, 0.4) is 0 Å². The van der Waals surface area contributed by atoms with Gasteiger partial charge >= 0.3 is 0 Å². The molecule has 48 heavy (non-hydrogen) atoms. The van der Waals surface area contributed by atoms with Crippen LogP contribution in [0.25, 0.3) is 0 Å². The molecular weight excluding hydrogens is 694 g/mol. The lowest BCUT2D eigenvalue weighted by atomic mass is 9.82. The summed E-state index contributed by atoms with van der Waals surface area (Å²) in [5.41, 5.74) is 3.03. The largest absolute Gasteiger partial charge is 0.432 e. The Bertz CT molecular complexity index is 1730. The predicted octanol–water partition coefficient (Wildman–Crippen LogP) is 4.45. The second-order valence-electron chi connectivity index (χ2n) is 13.8. The van der Waals surface area contributed by atoms with Gasteiger partial charge in [-0.15, -0.1) is 0 Å². The van der Waals surface area contributed by atoms with Crippen LogP contribution in [0.2, 0.25) is 18.6 Å². The van der Waals surface area contributed by atoms with E-state index in [4.69, 9.17) is 4.74 Å². The van der Waals surface area contributed by atoms with Crippen LogP contribution in [0, 0.1) is 5.92 Å². The smallest absolute Gasteiger partial charge is 0.264 e. The van der Waals surface area contributed by atoms with Crippen molar-refractivity contribution in [3.63, 3.8) is 0 Å². The quantitative estimate of drug-likeness (QED) is 0.251. The highest BCUT2D eigenvalue weighted by Crippen LogP contribution is 2.60. The van der Waals surface area contributed by atoms with Gasteiger partial charge in [-0.2, -0.15) is 0 Å². The van der Waals surface area contributed by atoms with E-state index in [-0.39, 0.29) is 37.4 Å². The number of hydrogen-bond donors (Lipinski definition) is 4. The fourth-order valence-electron chi connectivity index (χ4n) is 7.86. The maximum atomic E-state index is 14.7. The van der Waals surface area contributed by atoms with E-state index in [2.05, 4.69) is 21.2 Å². The summed E-state index contributed by atoms with van der Waals surface area (Å²) < 4.78 is 7.67. The van der Waals surface area contributed by atoms with E-state index in [0.29, 0.717) is 29.9 Å². The van der Waals surface area contributed by atoms with Gasteiger partial charge in [0.2, 0.25) is 5.91 Å². The number of carbonyl (C=O) groups is 3. The molecule has 6 atom stereocenters. The third kappa shape index (κ3) is 6.14. The number of aliphatic hydroxyl groups excluding tert-OH is 2. The van der Waals surface area contributed by atoms with Crippen LogP contribution in [0.4, 0.5) is 11.4 Å². The van der Waals surface area contributed by atoms with Gasteiger partial charge in [-0.1, -0.05) is 59.3 Å². The molecule has 254 valence electrons. The number of nitrogens with one attached hydrogen (secondary N) is 1. The number of nitrogens with zero attached hydrogens (tertiary/aromatic N) is 2. The van der Waals surface area contributed by atoms with E-state index < -0.39 is 43.5 Å². The lowest BCUT2D eigenvalue weighted by molar-refractivity contribution is -0.151. The highest BCUT2D eigenvalue weighted by molar-refractivity contribution is 9.10. The second kappa shape index (κ2) is 13.1. The van der Waals surface area contributed by atoms with Crippen LogP contribution in [0.5, 0.6) is 0 Å². The minimum absolute atomic E-state index is 0.0251. The minimum Gasteiger partial charge on any atom is -0.432 e. The molecule has 3 heterocycles. The Labute approximate surface area is 290 Å². The zero-order valence-electron chi connectivity index (χ0n) is 27.5. The highest BCUT2D eigenvalue weighted by atomic mass is 79.9. The zero-order chi connectivity index (χ0) is 34.5. The first-order chi connectivity index (χ1) is 22.7. The van der Waals surface area contributed by atoms with Gasteiger partial charge in [0, 0.05) is 33.7 Å². The monoisotopic (exact) mass is 735 g/mol. The van der Waals surface area contributed by atoms with Gasteiger partial charge in [-0.25, -0.2) is 0 Å². The predicted molar refractivity (Wildman–Crippen MR) is 187 cm³/mol. The van der Waals surface area contributed by atoms with Crippen molar-refractivity contribution in [2.45, 2.75) is 82.3 Å². The summed E-state index contributed by atoms with van der Waals surface area (Å²) >= 11 is 3.59. The Hall–Kier alpha value is -3.39. The van der Waals surface area contributed by atoms with Gasteiger partial charge in [-0.3, -0.25) is 14.4 Å². The molecule has 3 amide bonds. The Morgan fingerprint density at radius 1 is 1.10 bits per heavy atom. The van der Waals surface area contributed by atoms with Crippen molar-refractivity contribution in [3.8, 4) is 0 Å². The number of hydrogen-bond acceptors (Lipinski definition) is 7. The summed E-state index contributed by atoms with van der Waals surface area (Å²) in [7, 11) is -3.01. The normalized spacial score (nSPS) is 25.6. The highest BCUT2D eigenvalue weighted by Gasteiger charge is 2.66. The van der Waals surface area contributed by atoms with Crippen LogP contribution in [-0.4, -0.2) is 70.8 Å². The van der Waals surface area contributed by atoms with Crippen molar-refractivity contribution in [1.82, 2.24) is 4.90 Å². The van der Waals surface area contributed by atoms with Gasteiger partial charge in [0.25, 0.3) is 11.8 Å². The van der Waals surface area contributed by atoms with Gasteiger partial charge in [0.1, 0.15) is 6.10 Å². The molecule has 0 aliphatic carbocycles. The molecule has 3 aliphatic rings. The topological polar surface area (TPSA) is 140 Å². The molecule has 3 aromatic rings. The molecule has 1 spiro atoms. The molecule has 3 aromatic carbocycles. The Morgan fingerprint density at radius 2 is 1.79 bits per heavy atom. The van der Waals surface area contributed by atoms with E-state index in [1.807, 2.05) is 74.6 Å². The fourth-order valence-corrected chi connectivity index (χ4v) is 10.8. The molecule has 0 bridgehead atoms. The first-order valence-corrected chi connectivity index (χ1v) is 20.1. The molecule has 0 aromatic heterocycles. The van der Waals surface area contributed by atoms with E-state index in [0.717, 1.165) is 21.2 Å². The molecule has 3 aliphatic heterocycles. The lowest BCUT2D eigenvalue weighted by Gasteiger charge is -2.37. The average molecular weight is 737 g/mol. The molecule has 10 nitrogen and oxygen atoms in total. The number of carbonyl (C=O) groups excluding carboxylic acids is 3. The molecule has 1 fully saturated rings. The van der Waals surface area contributed by atoms with Gasteiger partial charge in [0.05, 0.1) is 37.4 Å². The molecule has 1 saturated heterocycles. The number of amides is 3. The minimum atomic E-state index is -3.01. The Morgan fingerprint density at radius 3 is 2.44 bits per heavy atom. The standard InChI is InChI=1S/C36H42BrN3O7Si/c1-21-33(48(3,4)46)31(17-32(43)39-19-25-8-6-5-7-24(25)15-28(39)20-41)47-36(21)29-16-26(37)11-14-30(29)40(35(36)45)18-23-9-12-27(13-10-23)38-34(44)22(2)42/h5-14,16,21-22,28,31,33,41-42,46H,15,17-20H2,1-4H3,(H,38,44)/t21-,22-,28-,31+,33-,36+/m0/s1. The van der Waals surface area contributed by atoms with Crippen molar-refractivity contribution in [2.24, 2.45) is 5.92 Å². The van der Waals surface area contributed by atoms with Crippen LogP contribution < -0.4 is 10.2 Å². The first kappa shape index (κ1) is 34.5. The molecule has 6 rings (SSSR count). The summed E-state index contributed by atoms with van der Waals surface area (Å²) in [6.45, 7) is 7.44. The average Bonchev–Trinajstić information content (AvgIpc) is 3.46. The third-order valence-electron chi connectivity index (χ3n) is 10.1. The number of fused-ring (bicyclic) bond motifs is 3. The van der Waals surface area contributed by atoms with Gasteiger partial charge < -0.3 is 34.9 Å². The molecule has 0 radical (unpaired) electrons. The van der Waals surface area contributed by atoms with Crippen molar-refractivity contribution < 1.29 is 34.1 Å².